The lowest BCUT2D eigenvalue weighted by Crippen LogP contribution is -2.38. The van der Waals surface area contributed by atoms with Crippen molar-refractivity contribution in [2.45, 2.75) is 20.8 Å². The fraction of sp³-hybridized carbons (Fsp3) is 0.238. The van der Waals surface area contributed by atoms with Crippen LogP contribution in [0, 0.1) is 0 Å². The van der Waals surface area contributed by atoms with Gasteiger partial charge in [0, 0.05) is 37.3 Å². The van der Waals surface area contributed by atoms with Gasteiger partial charge in [-0.2, -0.15) is 0 Å². The number of hydrogen-bond donors (Lipinski definition) is 3. The van der Waals surface area contributed by atoms with Gasteiger partial charge in [0.15, 0.2) is 0 Å². The van der Waals surface area contributed by atoms with E-state index in [-0.39, 0.29) is 46.2 Å². The van der Waals surface area contributed by atoms with Crippen molar-refractivity contribution in [1.82, 2.24) is 4.90 Å². The third-order valence-electron chi connectivity index (χ3n) is 4.05. The quantitative estimate of drug-likeness (QED) is 0.574. The average Bonchev–Trinajstić information content (AvgIpc) is 2.67. The molecule has 0 saturated carbocycles. The number of amides is 4. The first-order valence-corrected chi connectivity index (χ1v) is 10.1. The third-order valence-corrected chi connectivity index (χ3v) is 4.68. The van der Waals surface area contributed by atoms with Crippen molar-refractivity contribution in [3.05, 3.63) is 52.0 Å². The van der Waals surface area contributed by atoms with Crippen LogP contribution in [0.25, 0.3) is 0 Å². The van der Waals surface area contributed by atoms with Crippen molar-refractivity contribution in [2.24, 2.45) is 0 Å². The minimum Gasteiger partial charge on any atom is -0.330 e. The van der Waals surface area contributed by atoms with E-state index in [1.807, 2.05) is 0 Å². The van der Waals surface area contributed by atoms with Crippen molar-refractivity contribution in [2.75, 3.05) is 29.0 Å². The van der Waals surface area contributed by atoms with Crippen LogP contribution in [-0.2, 0) is 14.4 Å². The number of hydrogen-bond acceptors (Lipinski definition) is 4. The Morgan fingerprint density at radius 2 is 1.39 bits per heavy atom. The second kappa shape index (κ2) is 10.8. The summed E-state index contributed by atoms with van der Waals surface area (Å²) < 4.78 is 0. The molecule has 0 bridgehead atoms. The highest BCUT2D eigenvalue weighted by Gasteiger charge is 2.20. The number of likely N-dealkylation sites (N-methyl/N-ethyl adjacent to an activating group) is 1. The molecule has 2 aromatic rings. The first-order valence-electron chi connectivity index (χ1n) is 9.34. The number of halogens is 2. The molecule has 0 fully saturated rings. The average molecular weight is 465 g/mol. The Hall–Kier alpha value is -3.10. The number of para-hydroxylation sites is 1. The van der Waals surface area contributed by atoms with Gasteiger partial charge in [-0.3, -0.25) is 19.2 Å². The molecule has 31 heavy (non-hydrogen) atoms. The number of anilines is 3. The van der Waals surface area contributed by atoms with Gasteiger partial charge >= 0.3 is 0 Å². The van der Waals surface area contributed by atoms with Crippen LogP contribution in [0.5, 0.6) is 0 Å². The molecule has 0 aliphatic rings. The zero-order valence-corrected chi connectivity index (χ0v) is 18.7. The fourth-order valence-corrected chi connectivity index (χ4v) is 3.27. The first kappa shape index (κ1) is 24.2. The van der Waals surface area contributed by atoms with Gasteiger partial charge in [0.2, 0.25) is 17.7 Å². The topological polar surface area (TPSA) is 108 Å². The number of rotatable bonds is 7. The van der Waals surface area contributed by atoms with Crippen molar-refractivity contribution < 1.29 is 19.2 Å². The van der Waals surface area contributed by atoms with Crippen LogP contribution in [0.4, 0.5) is 17.1 Å². The maximum atomic E-state index is 13.0. The maximum Gasteiger partial charge on any atom is 0.254 e. The molecular weight excluding hydrogens is 443 g/mol. The zero-order chi connectivity index (χ0) is 23.1. The van der Waals surface area contributed by atoms with Crippen molar-refractivity contribution >= 4 is 63.9 Å². The minimum absolute atomic E-state index is 0.195. The van der Waals surface area contributed by atoms with E-state index in [9.17, 15) is 19.2 Å². The summed E-state index contributed by atoms with van der Waals surface area (Å²) in [5.74, 6) is -1.60. The molecule has 0 aliphatic heterocycles. The number of nitrogens with zero attached hydrogens (tertiary/aromatic N) is 1. The molecule has 8 nitrogen and oxygen atoms in total. The van der Waals surface area contributed by atoms with E-state index in [2.05, 4.69) is 16.0 Å². The molecule has 0 heterocycles. The molecular formula is C21H22Cl2N4O4. The number of nitrogens with one attached hydrogen (secondary N) is 3. The van der Waals surface area contributed by atoms with Crippen LogP contribution in [0.1, 0.15) is 31.1 Å². The fourth-order valence-electron chi connectivity index (χ4n) is 2.78. The van der Waals surface area contributed by atoms with Crippen LogP contribution in [0.2, 0.25) is 10.0 Å². The van der Waals surface area contributed by atoms with E-state index in [0.717, 1.165) is 0 Å². The molecule has 0 unspecified atom stereocenters. The molecule has 0 aromatic heterocycles. The molecule has 0 aliphatic carbocycles. The lowest BCUT2D eigenvalue weighted by atomic mass is 10.1. The first-order chi connectivity index (χ1) is 14.6. The molecule has 0 atom stereocenters. The Morgan fingerprint density at radius 3 is 1.84 bits per heavy atom. The standard InChI is InChI=1S/C21H22Cl2N4O4/c1-4-27(11-19(30)26-20-17(22)6-5-7-18(20)23)21(31)14-8-15(24-12(2)28)10-16(9-14)25-13(3)29/h5-10H,4,11H2,1-3H3,(H,24,28)(H,25,29)(H,26,30). The lowest BCUT2D eigenvalue weighted by molar-refractivity contribution is -0.117. The Kier molecular flexibility index (Phi) is 8.41. The van der Waals surface area contributed by atoms with Gasteiger partial charge in [-0.15, -0.1) is 0 Å². The molecule has 164 valence electrons. The summed E-state index contributed by atoms with van der Waals surface area (Å²) in [5.41, 5.74) is 1.14. The van der Waals surface area contributed by atoms with Gasteiger partial charge < -0.3 is 20.9 Å². The monoisotopic (exact) mass is 464 g/mol. The van der Waals surface area contributed by atoms with Gasteiger partial charge in [-0.25, -0.2) is 0 Å². The summed E-state index contributed by atoms with van der Waals surface area (Å²) in [5, 5.41) is 8.34. The summed E-state index contributed by atoms with van der Waals surface area (Å²) in [6.07, 6.45) is 0. The molecule has 3 N–H and O–H groups in total. The summed E-state index contributed by atoms with van der Waals surface area (Å²) in [7, 11) is 0. The maximum absolute atomic E-state index is 13.0. The van der Waals surface area contributed by atoms with E-state index in [1.165, 1.54) is 36.9 Å². The van der Waals surface area contributed by atoms with Crippen molar-refractivity contribution in [3.8, 4) is 0 Å². The predicted molar refractivity (Wildman–Crippen MR) is 122 cm³/mol. The third kappa shape index (κ3) is 6.97. The highest BCUT2D eigenvalue weighted by atomic mass is 35.5. The minimum atomic E-state index is -0.481. The molecule has 2 aromatic carbocycles. The van der Waals surface area contributed by atoms with Gasteiger partial charge in [-0.05, 0) is 37.3 Å². The molecule has 10 heteroatoms. The van der Waals surface area contributed by atoms with Crippen molar-refractivity contribution in [3.63, 3.8) is 0 Å². The van der Waals surface area contributed by atoms with Gasteiger partial charge in [0.1, 0.15) is 6.54 Å². The van der Waals surface area contributed by atoms with E-state index in [1.54, 1.807) is 25.1 Å². The second-order valence-electron chi connectivity index (χ2n) is 6.63. The van der Waals surface area contributed by atoms with Gasteiger partial charge in [0.25, 0.3) is 5.91 Å². The molecule has 4 amide bonds. The highest BCUT2D eigenvalue weighted by Crippen LogP contribution is 2.29. The summed E-state index contributed by atoms with van der Waals surface area (Å²) in [6.45, 7) is 4.36. The molecule has 0 spiro atoms. The second-order valence-corrected chi connectivity index (χ2v) is 7.44. The normalized spacial score (nSPS) is 10.2. The Morgan fingerprint density at radius 1 is 0.871 bits per heavy atom. The summed E-state index contributed by atoms with van der Waals surface area (Å²) in [4.78, 5) is 49.7. The Balaban J connectivity index is 2.24. The van der Waals surface area contributed by atoms with Crippen LogP contribution in [-0.4, -0.2) is 41.6 Å². The van der Waals surface area contributed by atoms with E-state index < -0.39 is 11.8 Å². The molecule has 0 radical (unpaired) electrons. The van der Waals surface area contributed by atoms with Crippen LogP contribution >= 0.6 is 23.2 Å². The molecule has 0 saturated heterocycles. The molecule has 2 rings (SSSR count). The number of benzene rings is 2. The van der Waals surface area contributed by atoms with E-state index in [0.29, 0.717) is 11.4 Å². The largest absolute Gasteiger partial charge is 0.330 e. The highest BCUT2D eigenvalue weighted by molar-refractivity contribution is 6.39. The van der Waals surface area contributed by atoms with Crippen LogP contribution < -0.4 is 16.0 Å². The van der Waals surface area contributed by atoms with Gasteiger partial charge in [-0.1, -0.05) is 29.3 Å². The van der Waals surface area contributed by atoms with Crippen LogP contribution in [0.3, 0.4) is 0 Å². The Bertz CT molecular complexity index is 972. The van der Waals surface area contributed by atoms with Crippen LogP contribution in [0.15, 0.2) is 36.4 Å². The van der Waals surface area contributed by atoms with E-state index in [4.69, 9.17) is 23.2 Å². The number of carbonyl (C=O) groups excluding carboxylic acids is 4. The Labute approximate surface area is 189 Å². The lowest BCUT2D eigenvalue weighted by Gasteiger charge is -2.21. The van der Waals surface area contributed by atoms with Gasteiger partial charge in [0.05, 0.1) is 15.7 Å². The van der Waals surface area contributed by atoms with Crippen molar-refractivity contribution in [1.29, 1.82) is 0 Å². The van der Waals surface area contributed by atoms with E-state index >= 15 is 0 Å². The summed E-state index contributed by atoms with van der Waals surface area (Å²) >= 11 is 12.1. The number of carbonyl (C=O) groups is 4. The smallest absolute Gasteiger partial charge is 0.254 e. The summed E-state index contributed by atoms with van der Waals surface area (Å²) in [6, 6.07) is 9.30. The zero-order valence-electron chi connectivity index (χ0n) is 17.2. The predicted octanol–water partition coefficient (Wildman–Crippen LogP) is 4.01. The SMILES string of the molecule is CCN(CC(=O)Nc1c(Cl)cccc1Cl)C(=O)c1cc(NC(C)=O)cc(NC(C)=O)c1.